The van der Waals surface area contributed by atoms with Gasteiger partial charge >= 0.3 is 0 Å². The molecule has 0 bridgehead atoms. The van der Waals surface area contributed by atoms with Crippen LogP contribution in [0.1, 0.15) is 25.1 Å². The van der Waals surface area contributed by atoms with Crippen LogP contribution in [-0.2, 0) is 5.41 Å². The molecule has 0 aliphatic rings. The lowest BCUT2D eigenvalue weighted by Crippen LogP contribution is -2.36. The highest BCUT2D eigenvalue weighted by Gasteiger charge is 2.27. The number of hydrogen-bond donors (Lipinski definition) is 2. The summed E-state index contributed by atoms with van der Waals surface area (Å²) in [5, 5.41) is 7.22. The third-order valence-electron chi connectivity index (χ3n) is 5.03. The molecule has 7 heteroatoms. The molecule has 0 aliphatic heterocycles. The van der Waals surface area contributed by atoms with E-state index in [0.29, 0.717) is 18.0 Å². The van der Waals surface area contributed by atoms with Gasteiger partial charge in [-0.3, -0.25) is 0 Å². The number of halogens is 1. The molecule has 0 saturated heterocycles. The van der Waals surface area contributed by atoms with Crippen LogP contribution in [0.4, 0.5) is 10.3 Å². The summed E-state index contributed by atoms with van der Waals surface area (Å²) in [5.41, 5.74) is 8.67. The Kier molecular flexibility index (Phi) is 6.52. The summed E-state index contributed by atoms with van der Waals surface area (Å²) in [4.78, 5) is 6.29. The molecule has 0 amide bonds. The van der Waals surface area contributed by atoms with Crippen molar-refractivity contribution in [1.82, 2.24) is 15.4 Å². The van der Waals surface area contributed by atoms with E-state index in [9.17, 15) is 4.39 Å². The third-order valence-corrected chi connectivity index (χ3v) is 5.03. The van der Waals surface area contributed by atoms with E-state index in [1.807, 2.05) is 49.3 Å². The summed E-state index contributed by atoms with van der Waals surface area (Å²) in [6, 6.07) is 16.3. The fraction of sp³-hybridized carbons (Fsp3) is 0.304. The van der Waals surface area contributed by atoms with E-state index in [2.05, 4.69) is 29.3 Å². The molecule has 1 heterocycles. The SMILES string of the molecule is CN(C)CCNC(N)=Nc1cc(C(C)(C)c2ccc(-c3ccccc3F)cc2)no1. The highest BCUT2D eigenvalue weighted by molar-refractivity contribution is 5.80. The molecule has 0 aliphatic carbocycles. The number of nitrogens with two attached hydrogens (primary N) is 1. The van der Waals surface area contributed by atoms with Gasteiger partial charge in [-0.2, -0.15) is 4.99 Å². The van der Waals surface area contributed by atoms with Crippen molar-refractivity contribution < 1.29 is 8.91 Å². The zero-order valence-corrected chi connectivity index (χ0v) is 17.8. The standard InChI is InChI=1S/C23H28FN5O/c1-23(2,17-11-9-16(10-12-17)18-7-5-6-8-19(18)24)20-15-21(30-28-20)27-22(25)26-13-14-29(3)4/h5-12,15H,13-14H2,1-4H3,(H3,25,26,27). The second-order valence-electron chi connectivity index (χ2n) is 7.96. The molecule has 0 fully saturated rings. The second-order valence-corrected chi connectivity index (χ2v) is 7.96. The van der Waals surface area contributed by atoms with Crippen LogP contribution in [-0.4, -0.2) is 43.2 Å². The minimum absolute atomic E-state index is 0.236. The van der Waals surface area contributed by atoms with Crippen molar-refractivity contribution in [3.63, 3.8) is 0 Å². The van der Waals surface area contributed by atoms with Crippen LogP contribution >= 0.6 is 0 Å². The van der Waals surface area contributed by atoms with Gasteiger partial charge in [0, 0.05) is 30.1 Å². The number of benzene rings is 2. The van der Waals surface area contributed by atoms with Crippen molar-refractivity contribution in [2.75, 3.05) is 27.2 Å². The average Bonchev–Trinajstić information content (AvgIpc) is 3.17. The van der Waals surface area contributed by atoms with Crippen LogP contribution in [0.5, 0.6) is 0 Å². The van der Waals surface area contributed by atoms with Gasteiger partial charge in [0.15, 0.2) is 5.96 Å². The molecule has 3 N–H and O–H groups in total. The number of guanidine groups is 1. The van der Waals surface area contributed by atoms with Gasteiger partial charge in [0.2, 0.25) is 0 Å². The van der Waals surface area contributed by atoms with Gasteiger partial charge < -0.3 is 20.5 Å². The van der Waals surface area contributed by atoms with E-state index < -0.39 is 5.41 Å². The number of rotatable bonds is 7. The number of nitrogens with zero attached hydrogens (tertiary/aromatic N) is 3. The van der Waals surface area contributed by atoms with Crippen molar-refractivity contribution in [1.29, 1.82) is 0 Å². The van der Waals surface area contributed by atoms with Crippen LogP contribution in [0.2, 0.25) is 0 Å². The predicted molar refractivity (Wildman–Crippen MR) is 118 cm³/mol. The largest absolute Gasteiger partial charge is 0.370 e. The quantitative estimate of drug-likeness (QED) is 0.457. The van der Waals surface area contributed by atoms with Gasteiger partial charge in [-0.25, -0.2) is 4.39 Å². The van der Waals surface area contributed by atoms with E-state index in [0.717, 1.165) is 23.4 Å². The van der Waals surface area contributed by atoms with E-state index in [1.165, 1.54) is 6.07 Å². The van der Waals surface area contributed by atoms with Crippen molar-refractivity contribution in [2.24, 2.45) is 10.7 Å². The number of hydrogen-bond acceptors (Lipinski definition) is 4. The number of aromatic nitrogens is 1. The summed E-state index contributed by atoms with van der Waals surface area (Å²) in [7, 11) is 3.98. The van der Waals surface area contributed by atoms with E-state index in [-0.39, 0.29) is 11.8 Å². The van der Waals surface area contributed by atoms with E-state index in [4.69, 9.17) is 10.3 Å². The zero-order chi connectivity index (χ0) is 21.7. The molecule has 0 spiro atoms. The van der Waals surface area contributed by atoms with Crippen molar-refractivity contribution in [3.8, 4) is 11.1 Å². The minimum Gasteiger partial charge on any atom is -0.370 e. The first kappa shape index (κ1) is 21.5. The Labute approximate surface area is 176 Å². The van der Waals surface area contributed by atoms with Crippen LogP contribution in [0.15, 0.2) is 64.1 Å². The minimum atomic E-state index is -0.419. The highest BCUT2D eigenvalue weighted by atomic mass is 19.1. The molecule has 6 nitrogen and oxygen atoms in total. The maximum Gasteiger partial charge on any atom is 0.253 e. The molecule has 0 radical (unpaired) electrons. The summed E-state index contributed by atoms with van der Waals surface area (Å²) < 4.78 is 19.4. The molecule has 2 aromatic carbocycles. The maximum atomic E-state index is 14.0. The van der Waals surface area contributed by atoms with Crippen LogP contribution in [0.25, 0.3) is 11.1 Å². The topological polar surface area (TPSA) is 79.7 Å². The smallest absolute Gasteiger partial charge is 0.253 e. The van der Waals surface area contributed by atoms with Crippen molar-refractivity contribution in [2.45, 2.75) is 19.3 Å². The van der Waals surface area contributed by atoms with Gasteiger partial charge in [-0.05, 0) is 31.3 Å². The molecule has 0 unspecified atom stereocenters. The Morgan fingerprint density at radius 3 is 2.53 bits per heavy atom. The Balaban J connectivity index is 1.75. The Morgan fingerprint density at radius 1 is 1.17 bits per heavy atom. The zero-order valence-electron chi connectivity index (χ0n) is 17.8. The molecule has 0 atom stereocenters. The fourth-order valence-electron chi connectivity index (χ4n) is 3.09. The van der Waals surface area contributed by atoms with Crippen molar-refractivity contribution in [3.05, 3.63) is 71.7 Å². The molecule has 1 aromatic heterocycles. The average molecular weight is 410 g/mol. The van der Waals surface area contributed by atoms with Gasteiger partial charge in [-0.15, -0.1) is 0 Å². The number of aliphatic imine (C=N–C) groups is 1. The van der Waals surface area contributed by atoms with Crippen LogP contribution < -0.4 is 11.1 Å². The van der Waals surface area contributed by atoms with Crippen LogP contribution in [0.3, 0.4) is 0 Å². The van der Waals surface area contributed by atoms with Crippen molar-refractivity contribution >= 4 is 11.8 Å². The van der Waals surface area contributed by atoms with E-state index >= 15 is 0 Å². The second kappa shape index (κ2) is 9.09. The molecule has 3 rings (SSSR count). The van der Waals surface area contributed by atoms with Gasteiger partial charge in [0.1, 0.15) is 5.82 Å². The van der Waals surface area contributed by atoms with Gasteiger partial charge in [-0.1, -0.05) is 61.5 Å². The first-order valence-electron chi connectivity index (χ1n) is 9.83. The Morgan fingerprint density at radius 2 is 1.87 bits per heavy atom. The summed E-state index contributed by atoms with van der Waals surface area (Å²) in [6.07, 6.45) is 0. The lowest BCUT2D eigenvalue weighted by Gasteiger charge is -2.22. The molecular weight excluding hydrogens is 381 g/mol. The summed E-state index contributed by atoms with van der Waals surface area (Å²) in [5.74, 6) is 0.391. The monoisotopic (exact) mass is 409 g/mol. The Hall–Kier alpha value is -3.19. The highest BCUT2D eigenvalue weighted by Crippen LogP contribution is 2.34. The number of likely N-dealkylation sites (N-methyl/N-ethyl adjacent to an activating group) is 1. The lowest BCUT2D eigenvalue weighted by molar-refractivity contribution is 0.405. The Bertz CT molecular complexity index is 1010. The van der Waals surface area contributed by atoms with Gasteiger partial charge in [0.25, 0.3) is 5.88 Å². The fourth-order valence-corrected chi connectivity index (χ4v) is 3.09. The molecule has 3 aromatic rings. The third kappa shape index (κ3) is 5.04. The first-order chi connectivity index (χ1) is 14.3. The maximum absolute atomic E-state index is 14.0. The van der Waals surface area contributed by atoms with E-state index in [1.54, 1.807) is 18.2 Å². The molecule has 158 valence electrons. The predicted octanol–water partition coefficient (Wildman–Crippen LogP) is 3.90. The normalized spacial score (nSPS) is 12.4. The number of nitrogens with one attached hydrogen (secondary N) is 1. The first-order valence-corrected chi connectivity index (χ1v) is 9.83. The summed E-state index contributed by atoms with van der Waals surface area (Å²) in [6.45, 7) is 5.63. The van der Waals surface area contributed by atoms with Gasteiger partial charge in [0.05, 0.1) is 5.69 Å². The van der Waals surface area contributed by atoms with Crippen LogP contribution in [0, 0.1) is 5.82 Å². The molecule has 0 saturated carbocycles. The molecular formula is C23H28FN5O. The lowest BCUT2D eigenvalue weighted by atomic mass is 9.81. The summed E-state index contributed by atoms with van der Waals surface area (Å²) >= 11 is 0. The molecule has 30 heavy (non-hydrogen) atoms.